The minimum Gasteiger partial charge on any atom is -0.369 e. The molecular formula is C11H16N4. The van der Waals surface area contributed by atoms with Gasteiger partial charge >= 0.3 is 0 Å². The van der Waals surface area contributed by atoms with E-state index in [1.54, 1.807) is 6.21 Å². The van der Waals surface area contributed by atoms with Crippen LogP contribution in [-0.2, 0) is 6.42 Å². The molecule has 15 heavy (non-hydrogen) atoms. The summed E-state index contributed by atoms with van der Waals surface area (Å²) >= 11 is 0. The first-order valence-corrected chi connectivity index (χ1v) is 4.76. The van der Waals surface area contributed by atoms with Crippen LogP contribution in [0, 0.1) is 13.8 Å². The first kappa shape index (κ1) is 11.2. The molecular weight excluding hydrogens is 188 g/mol. The molecule has 0 aliphatic heterocycles. The second-order valence-corrected chi connectivity index (χ2v) is 3.46. The van der Waals surface area contributed by atoms with Crippen molar-refractivity contribution in [1.29, 1.82) is 0 Å². The van der Waals surface area contributed by atoms with Crippen molar-refractivity contribution in [2.75, 3.05) is 0 Å². The van der Waals surface area contributed by atoms with E-state index in [9.17, 15) is 0 Å². The normalized spacial score (nSPS) is 10.5. The van der Waals surface area contributed by atoms with Gasteiger partial charge in [-0.2, -0.15) is 5.10 Å². The van der Waals surface area contributed by atoms with Crippen molar-refractivity contribution >= 4 is 12.2 Å². The van der Waals surface area contributed by atoms with Gasteiger partial charge in [0.25, 0.3) is 0 Å². The van der Waals surface area contributed by atoms with Gasteiger partial charge in [0.1, 0.15) is 0 Å². The summed E-state index contributed by atoms with van der Waals surface area (Å²) < 4.78 is 0. The highest BCUT2D eigenvalue weighted by Gasteiger charge is 1.95. The van der Waals surface area contributed by atoms with Gasteiger partial charge in [0.15, 0.2) is 0 Å². The van der Waals surface area contributed by atoms with E-state index in [4.69, 9.17) is 11.5 Å². The van der Waals surface area contributed by atoms with E-state index in [-0.39, 0.29) is 5.96 Å². The van der Waals surface area contributed by atoms with Gasteiger partial charge in [0, 0.05) is 12.6 Å². The fourth-order valence-electron chi connectivity index (χ4n) is 1.32. The molecule has 0 aromatic heterocycles. The van der Waals surface area contributed by atoms with Crippen LogP contribution in [0.15, 0.2) is 28.4 Å². The SMILES string of the molecule is Cc1ccc(CC=NN=C(N)N)c(C)c1. The summed E-state index contributed by atoms with van der Waals surface area (Å²) in [7, 11) is 0. The molecule has 4 heteroatoms. The molecule has 0 spiro atoms. The Morgan fingerprint density at radius 3 is 2.67 bits per heavy atom. The molecule has 4 N–H and O–H groups in total. The van der Waals surface area contributed by atoms with Crippen LogP contribution in [0.4, 0.5) is 0 Å². The molecule has 80 valence electrons. The van der Waals surface area contributed by atoms with Gasteiger partial charge in [-0.25, -0.2) is 0 Å². The van der Waals surface area contributed by atoms with E-state index in [0.717, 1.165) is 6.42 Å². The van der Waals surface area contributed by atoms with Gasteiger partial charge in [-0.15, -0.1) is 5.10 Å². The number of rotatable bonds is 3. The third-order valence-corrected chi connectivity index (χ3v) is 2.06. The predicted octanol–water partition coefficient (Wildman–Crippen LogP) is 1.11. The zero-order valence-electron chi connectivity index (χ0n) is 9.07. The second kappa shape index (κ2) is 5.14. The lowest BCUT2D eigenvalue weighted by atomic mass is 10.0. The fraction of sp³-hybridized carbons (Fsp3) is 0.273. The first-order chi connectivity index (χ1) is 7.09. The summed E-state index contributed by atoms with van der Waals surface area (Å²) in [6, 6.07) is 6.31. The number of guanidine groups is 1. The number of benzene rings is 1. The number of nitrogens with two attached hydrogens (primary N) is 2. The lowest BCUT2D eigenvalue weighted by molar-refractivity contribution is 1.18. The Bertz CT molecular complexity index is 390. The van der Waals surface area contributed by atoms with Gasteiger partial charge in [-0.3, -0.25) is 0 Å². The average molecular weight is 204 g/mol. The Hall–Kier alpha value is -1.84. The Morgan fingerprint density at radius 1 is 1.33 bits per heavy atom. The minimum atomic E-state index is -0.0214. The molecule has 0 bridgehead atoms. The van der Waals surface area contributed by atoms with E-state index in [2.05, 4.69) is 42.2 Å². The summed E-state index contributed by atoms with van der Waals surface area (Å²) in [5, 5.41) is 7.27. The second-order valence-electron chi connectivity index (χ2n) is 3.46. The van der Waals surface area contributed by atoms with Crippen LogP contribution in [0.3, 0.4) is 0 Å². The van der Waals surface area contributed by atoms with Crippen molar-refractivity contribution in [2.24, 2.45) is 21.7 Å². The van der Waals surface area contributed by atoms with E-state index in [1.165, 1.54) is 16.7 Å². The maximum atomic E-state index is 5.14. The van der Waals surface area contributed by atoms with E-state index >= 15 is 0 Å². The highest BCUT2D eigenvalue weighted by molar-refractivity contribution is 5.76. The molecule has 1 aromatic carbocycles. The van der Waals surface area contributed by atoms with Crippen LogP contribution in [0.5, 0.6) is 0 Å². The number of nitrogens with zero attached hydrogens (tertiary/aromatic N) is 2. The smallest absolute Gasteiger partial charge is 0.211 e. The Kier molecular flexibility index (Phi) is 3.85. The first-order valence-electron chi connectivity index (χ1n) is 4.76. The van der Waals surface area contributed by atoms with E-state index in [0.29, 0.717) is 0 Å². The fourth-order valence-corrected chi connectivity index (χ4v) is 1.32. The lowest BCUT2D eigenvalue weighted by Crippen LogP contribution is -2.21. The number of hydrogen-bond acceptors (Lipinski definition) is 2. The molecule has 0 amide bonds. The average Bonchev–Trinajstić information content (AvgIpc) is 2.14. The molecule has 0 atom stereocenters. The van der Waals surface area contributed by atoms with Crippen molar-refractivity contribution < 1.29 is 0 Å². The number of hydrogen-bond donors (Lipinski definition) is 2. The summed E-state index contributed by atoms with van der Waals surface area (Å²) in [5.41, 5.74) is 14.0. The quantitative estimate of drug-likeness (QED) is 0.439. The monoisotopic (exact) mass is 204 g/mol. The van der Waals surface area contributed by atoms with Crippen LogP contribution >= 0.6 is 0 Å². The van der Waals surface area contributed by atoms with Gasteiger partial charge in [0.2, 0.25) is 5.96 Å². The van der Waals surface area contributed by atoms with Crippen molar-refractivity contribution in [3.05, 3.63) is 34.9 Å². The van der Waals surface area contributed by atoms with Crippen molar-refractivity contribution in [3.63, 3.8) is 0 Å². The zero-order chi connectivity index (χ0) is 11.3. The van der Waals surface area contributed by atoms with Gasteiger partial charge in [-0.1, -0.05) is 23.8 Å². The third-order valence-electron chi connectivity index (χ3n) is 2.06. The van der Waals surface area contributed by atoms with Gasteiger partial charge in [0.05, 0.1) is 0 Å². The molecule has 1 rings (SSSR count). The van der Waals surface area contributed by atoms with Crippen molar-refractivity contribution in [1.82, 2.24) is 0 Å². The predicted molar refractivity (Wildman–Crippen MR) is 63.9 cm³/mol. The largest absolute Gasteiger partial charge is 0.369 e. The highest BCUT2D eigenvalue weighted by atomic mass is 15.3. The maximum absolute atomic E-state index is 5.14. The van der Waals surface area contributed by atoms with Crippen molar-refractivity contribution in [2.45, 2.75) is 20.3 Å². The molecule has 0 unspecified atom stereocenters. The Labute approximate surface area is 89.7 Å². The number of aryl methyl sites for hydroxylation is 2. The third kappa shape index (κ3) is 3.81. The molecule has 4 nitrogen and oxygen atoms in total. The van der Waals surface area contributed by atoms with Crippen LogP contribution in [0.1, 0.15) is 16.7 Å². The molecule has 1 aromatic rings. The molecule has 0 aliphatic carbocycles. The molecule has 0 radical (unpaired) electrons. The standard InChI is InChI=1S/C11H16N4/c1-8-3-4-10(9(2)7-8)5-6-14-15-11(12)13/h3-4,6-7H,5H2,1-2H3,(H4,12,13,15). The highest BCUT2D eigenvalue weighted by Crippen LogP contribution is 2.10. The van der Waals surface area contributed by atoms with Crippen LogP contribution in [0.25, 0.3) is 0 Å². The van der Waals surface area contributed by atoms with Crippen LogP contribution < -0.4 is 11.5 Å². The van der Waals surface area contributed by atoms with Crippen LogP contribution in [0.2, 0.25) is 0 Å². The zero-order valence-corrected chi connectivity index (χ0v) is 9.07. The summed E-state index contributed by atoms with van der Waals surface area (Å²) in [6.45, 7) is 4.15. The van der Waals surface area contributed by atoms with Gasteiger partial charge in [-0.05, 0) is 25.0 Å². The Morgan fingerprint density at radius 2 is 2.07 bits per heavy atom. The topological polar surface area (TPSA) is 76.8 Å². The molecule has 0 heterocycles. The lowest BCUT2D eigenvalue weighted by Gasteiger charge is -2.02. The Balaban J connectivity index is 2.66. The molecule has 0 fully saturated rings. The molecule has 0 aliphatic rings. The molecule has 0 saturated heterocycles. The van der Waals surface area contributed by atoms with E-state index in [1.807, 2.05) is 0 Å². The minimum absolute atomic E-state index is 0.0214. The maximum Gasteiger partial charge on any atom is 0.211 e. The summed E-state index contributed by atoms with van der Waals surface area (Å²) in [4.78, 5) is 0. The van der Waals surface area contributed by atoms with Gasteiger partial charge < -0.3 is 11.5 Å². The van der Waals surface area contributed by atoms with Crippen LogP contribution in [-0.4, -0.2) is 12.2 Å². The summed E-state index contributed by atoms with van der Waals surface area (Å²) in [5.74, 6) is -0.0214. The summed E-state index contributed by atoms with van der Waals surface area (Å²) in [6.07, 6.45) is 2.43. The molecule has 0 saturated carbocycles. The van der Waals surface area contributed by atoms with Crippen molar-refractivity contribution in [3.8, 4) is 0 Å². The van der Waals surface area contributed by atoms with E-state index < -0.39 is 0 Å².